The summed E-state index contributed by atoms with van der Waals surface area (Å²) in [4.78, 5) is 16.3. The predicted octanol–water partition coefficient (Wildman–Crippen LogP) is 3.46. The van der Waals surface area contributed by atoms with E-state index in [1.807, 2.05) is 0 Å². The third-order valence-electron chi connectivity index (χ3n) is 3.27. The number of hydrogen-bond acceptors (Lipinski definition) is 3. The molecule has 10 heteroatoms. The van der Waals surface area contributed by atoms with Crippen molar-refractivity contribution in [3.05, 3.63) is 52.8 Å². The number of aromatic nitrogens is 3. The second-order valence-electron chi connectivity index (χ2n) is 5.00. The van der Waals surface area contributed by atoms with E-state index in [0.29, 0.717) is 25.4 Å². The maximum absolute atomic E-state index is 12.8. The zero-order valence-corrected chi connectivity index (χ0v) is 15.1. The molecule has 3 aromatic rings. The molecule has 0 aliphatic heterocycles. The Balaban J connectivity index is 1.83. The Labute approximate surface area is 151 Å². The minimum absolute atomic E-state index is 0.302. The number of rotatable bonds is 3. The number of alkyl halides is 3. The molecular weight excluding hydrogens is 424 g/mol. The molecule has 1 amide bonds. The van der Waals surface area contributed by atoms with Crippen molar-refractivity contribution in [3.8, 4) is 10.1 Å². The number of nitrogens with zero attached hydrogens (tertiary/aromatic N) is 3. The van der Waals surface area contributed by atoms with Crippen molar-refractivity contribution in [2.45, 2.75) is 6.18 Å². The van der Waals surface area contributed by atoms with Crippen LogP contribution >= 0.6 is 11.6 Å². The molecule has 130 valence electrons. The van der Waals surface area contributed by atoms with Gasteiger partial charge in [0.2, 0.25) is 0 Å². The molecule has 0 saturated heterocycles. The van der Waals surface area contributed by atoms with Crippen LogP contribution in [0.5, 0.6) is 0 Å². The number of aryl methyl sites for hydroxylation is 1. The van der Waals surface area contributed by atoms with Crippen LogP contribution in [0.2, 0.25) is 5.02 Å². The molecule has 2 heterocycles. The van der Waals surface area contributed by atoms with Crippen molar-refractivity contribution in [2.24, 2.45) is 7.05 Å². The molecular formula is C15H10ClF3N4OSe. The van der Waals surface area contributed by atoms with Gasteiger partial charge >= 0.3 is 151 Å². The zero-order valence-electron chi connectivity index (χ0n) is 12.6. The molecule has 5 nitrogen and oxygen atoms in total. The van der Waals surface area contributed by atoms with Crippen molar-refractivity contribution >= 4 is 36.7 Å². The summed E-state index contributed by atoms with van der Waals surface area (Å²) >= 11 is 5.52. The van der Waals surface area contributed by atoms with E-state index in [0.717, 1.165) is 10.7 Å². The molecule has 0 saturated carbocycles. The molecule has 0 bridgehead atoms. The van der Waals surface area contributed by atoms with E-state index >= 15 is 0 Å². The van der Waals surface area contributed by atoms with Gasteiger partial charge in [-0.25, -0.2) is 0 Å². The number of benzene rings is 1. The van der Waals surface area contributed by atoms with Gasteiger partial charge in [-0.15, -0.1) is 0 Å². The Morgan fingerprint density at radius 1 is 1.32 bits per heavy atom. The second kappa shape index (κ2) is 6.67. The van der Waals surface area contributed by atoms with E-state index < -0.39 is 32.3 Å². The van der Waals surface area contributed by atoms with Gasteiger partial charge in [0.15, 0.2) is 0 Å². The summed E-state index contributed by atoms with van der Waals surface area (Å²) < 4.78 is 40.4. The fourth-order valence-corrected chi connectivity index (χ4v) is 4.12. The zero-order chi connectivity index (χ0) is 18.2. The van der Waals surface area contributed by atoms with Crippen LogP contribution in [0.4, 0.5) is 17.9 Å². The van der Waals surface area contributed by atoms with Crippen LogP contribution in [0.1, 0.15) is 16.1 Å². The number of hydrogen-bond donors (Lipinski definition) is 1. The van der Waals surface area contributed by atoms with Gasteiger partial charge in [-0.05, 0) is 0 Å². The number of anilines is 1. The van der Waals surface area contributed by atoms with E-state index in [1.165, 1.54) is 13.2 Å². The molecule has 2 aromatic heterocycles. The molecule has 0 radical (unpaired) electrons. The number of halogens is 4. The Morgan fingerprint density at radius 3 is 2.68 bits per heavy atom. The van der Waals surface area contributed by atoms with E-state index in [4.69, 9.17) is 11.6 Å². The van der Waals surface area contributed by atoms with Crippen molar-refractivity contribution in [1.82, 2.24) is 14.8 Å². The van der Waals surface area contributed by atoms with Gasteiger partial charge in [-0.1, -0.05) is 0 Å². The van der Waals surface area contributed by atoms with E-state index in [-0.39, 0.29) is 0 Å². The molecule has 1 N–H and O–H groups in total. The average molecular weight is 434 g/mol. The Morgan fingerprint density at radius 2 is 2.04 bits per heavy atom. The summed E-state index contributed by atoms with van der Waals surface area (Å²) in [7, 11) is 1.43. The van der Waals surface area contributed by atoms with E-state index in [1.54, 1.807) is 24.3 Å². The van der Waals surface area contributed by atoms with Crippen LogP contribution in [0.15, 0.2) is 36.5 Å². The summed E-state index contributed by atoms with van der Waals surface area (Å²) in [6.07, 6.45) is -3.07. The molecule has 3 rings (SSSR count). The van der Waals surface area contributed by atoms with Crippen LogP contribution < -0.4 is 5.32 Å². The first-order valence-electron chi connectivity index (χ1n) is 6.89. The topological polar surface area (TPSA) is 59.8 Å². The standard InChI is InChI=1S/C15H10ClF3N4OSe/c1-23-10(6-12(22-23)15(17,18)19)11-7-20-14(25-11)21-13(24)8-4-2-3-5-9(8)16/h2-7H,1H3,(H,20,21,24). The van der Waals surface area contributed by atoms with Crippen molar-refractivity contribution in [3.63, 3.8) is 0 Å². The fraction of sp³-hybridized carbons (Fsp3) is 0.133. The molecule has 1 aromatic carbocycles. The predicted molar refractivity (Wildman–Crippen MR) is 87.8 cm³/mol. The van der Waals surface area contributed by atoms with E-state index in [2.05, 4.69) is 15.4 Å². The molecule has 0 unspecified atom stereocenters. The summed E-state index contributed by atoms with van der Waals surface area (Å²) in [6.45, 7) is 0. The van der Waals surface area contributed by atoms with Gasteiger partial charge < -0.3 is 0 Å². The SMILES string of the molecule is Cn1nc(C(F)(F)F)cc1-c1cnc(NC(=O)c2ccccc2Cl)[se]1. The third kappa shape index (κ3) is 3.78. The molecule has 0 atom stereocenters. The summed E-state index contributed by atoms with van der Waals surface area (Å²) in [5.74, 6) is -0.415. The van der Waals surface area contributed by atoms with Crippen molar-refractivity contribution in [1.29, 1.82) is 0 Å². The van der Waals surface area contributed by atoms with Crippen LogP contribution in [-0.2, 0) is 13.2 Å². The second-order valence-corrected chi connectivity index (χ2v) is 7.57. The molecule has 0 spiro atoms. The minimum atomic E-state index is -4.51. The van der Waals surface area contributed by atoms with Crippen molar-refractivity contribution in [2.75, 3.05) is 5.32 Å². The summed E-state index contributed by atoms with van der Waals surface area (Å²) in [5.41, 5.74) is -0.343. The number of carbonyl (C=O) groups excluding carboxylic acids is 1. The number of carbonyl (C=O) groups is 1. The van der Waals surface area contributed by atoms with Crippen LogP contribution in [0.3, 0.4) is 0 Å². The van der Waals surface area contributed by atoms with Gasteiger partial charge in [0.1, 0.15) is 0 Å². The fourth-order valence-electron chi connectivity index (χ4n) is 2.10. The third-order valence-corrected chi connectivity index (χ3v) is 5.56. The number of amides is 1. The van der Waals surface area contributed by atoms with Crippen LogP contribution in [0.25, 0.3) is 10.1 Å². The first kappa shape index (κ1) is 17.7. The molecule has 0 aliphatic carbocycles. The van der Waals surface area contributed by atoms with Gasteiger partial charge in [-0.2, -0.15) is 0 Å². The Bertz CT molecular complexity index is 935. The normalized spacial score (nSPS) is 11.6. The first-order chi connectivity index (χ1) is 11.8. The van der Waals surface area contributed by atoms with Crippen molar-refractivity contribution < 1.29 is 18.0 Å². The van der Waals surface area contributed by atoms with Crippen LogP contribution in [-0.4, -0.2) is 35.2 Å². The molecule has 25 heavy (non-hydrogen) atoms. The average Bonchev–Trinajstić information content (AvgIpc) is 3.13. The van der Waals surface area contributed by atoms with Gasteiger partial charge in [-0.3, -0.25) is 0 Å². The van der Waals surface area contributed by atoms with Gasteiger partial charge in [0, 0.05) is 0 Å². The monoisotopic (exact) mass is 434 g/mol. The van der Waals surface area contributed by atoms with Gasteiger partial charge in [0.05, 0.1) is 0 Å². The summed E-state index contributed by atoms with van der Waals surface area (Å²) in [5, 5.41) is 6.43. The van der Waals surface area contributed by atoms with E-state index in [9.17, 15) is 18.0 Å². The molecule has 0 aliphatic rings. The Kier molecular flexibility index (Phi) is 4.73. The van der Waals surface area contributed by atoms with Gasteiger partial charge in [0.25, 0.3) is 0 Å². The number of nitrogens with one attached hydrogen (secondary N) is 1. The first-order valence-corrected chi connectivity index (χ1v) is 8.98. The quantitative estimate of drug-likeness (QED) is 0.644. The molecule has 0 fully saturated rings. The van der Waals surface area contributed by atoms with Crippen LogP contribution in [0, 0.1) is 0 Å². The Hall–Kier alpha value is -2.09. The maximum atomic E-state index is 12.8. The summed E-state index contributed by atoms with van der Waals surface area (Å²) in [6, 6.07) is 7.53.